The number of ether oxygens (including phenoxy) is 3. The molecule has 0 aliphatic rings. The zero-order valence-electron chi connectivity index (χ0n) is 24.2. The second-order valence-electron chi connectivity index (χ2n) is 9.75. The predicted molar refractivity (Wildman–Crippen MR) is 178 cm³/mol. The molecule has 0 spiro atoms. The average molecular weight is 689 g/mol. The Balaban J connectivity index is 1.40. The fourth-order valence-corrected chi connectivity index (χ4v) is 5.01. The summed E-state index contributed by atoms with van der Waals surface area (Å²) in [5, 5.41) is 8.58. The van der Waals surface area contributed by atoms with E-state index < -0.39 is 24.0 Å². The SMILES string of the molecule is COc1cc(/C=N\NC(=O)[C@@H](Cc2ccccc2)NC(=O)[C@@H](C)Oc2ccc(Cl)cc2Cl)ccc1OCc1ccc(Cl)cc1Cl. The van der Waals surface area contributed by atoms with E-state index >= 15 is 0 Å². The molecule has 2 amide bonds. The summed E-state index contributed by atoms with van der Waals surface area (Å²) >= 11 is 24.3. The zero-order chi connectivity index (χ0) is 32.3. The highest BCUT2D eigenvalue weighted by Gasteiger charge is 2.25. The Morgan fingerprint density at radius 3 is 2.20 bits per heavy atom. The molecule has 234 valence electrons. The molecule has 45 heavy (non-hydrogen) atoms. The lowest BCUT2D eigenvalue weighted by Crippen LogP contribution is -2.50. The van der Waals surface area contributed by atoms with E-state index in [-0.39, 0.29) is 23.8 Å². The van der Waals surface area contributed by atoms with Gasteiger partial charge >= 0.3 is 0 Å². The standard InChI is InChI=1S/C33H29Cl4N3O5/c1-20(45-29-13-11-25(35)17-27(29)37)32(41)39-28(14-21-6-4-3-5-7-21)33(42)40-38-18-22-8-12-30(31(15-22)43-2)44-19-23-9-10-24(34)16-26(23)36/h3-13,15-18,20,28H,14,19H2,1-2H3,(H,39,41)(H,40,42)/b38-18-/t20-,28-/m1/s1. The van der Waals surface area contributed by atoms with Crippen molar-refractivity contribution in [3.63, 3.8) is 0 Å². The minimum atomic E-state index is -0.956. The van der Waals surface area contributed by atoms with Crippen LogP contribution >= 0.6 is 46.4 Å². The molecule has 0 bridgehead atoms. The van der Waals surface area contributed by atoms with Gasteiger partial charge in [-0.25, -0.2) is 5.43 Å². The number of carbonyl (C=O) groups is 2. The third-order valence-electron chi connectivity index (χ3n) is 6.46. The van der Waals surface area contributed by atoms with Crippen LogP contribution in [0.15, 0.2) is 90.0 Å². The zero-order valence-corrected chi connectivity index (χ0v) is 27.3. The molecule has 0 heterocycles. The van der Waals surface area contributed by atoms with E-state index in [4.69, 9.17) is 60.6 Å². The number of benzene rings is 4. The van der Waals surface area contributed by atoms with Gasteiger partial charge in [0.05, 0.1) is 18.3 Å². The first kappa shape index (κ1) is 33.9. The molecule has 0 aliphatic heterocycles. The Kier molecular flexibility index (Phi) is 12.4. The van der Waals surface area contributed by atoms with E-state index in [0.29, 0.717) is 32.1 Å². The van der Waals surface area contributed by atoms with Crippen LogP contribution in [0.4, 0.5) is 0 Å². The average Bonchev–Trinajstić information content (AvgIpc) is 3.02. The monoisotopic (exact) mass is 687 g/mol. The Morgan fingerprint density at radius 1 is 0.822 bits per heavy atom. The maximum absolute atomic E-state index is 13.2. The number of amides is 2. The molecule has 0 radical (unpaired) electrons. The van der Waals surface area contributed by atoms with Gasteiger partial charge in [0.1, 0.15) is 18.4 Å². The molecule has 2 N–H and O–H groups in total. The first-order valence-electron chi connectivity index (χ1n) is 13.7. The van der Waals surface area contributed by atoms with Crippen LogP contribution in [0.25, 0.3) is 0 Å². The van der Waals surface area contributed by atoms with E-state index in [1.165, 1.54) is 19.4 Å². The molecule has 0 aromatic heterocycles. The molecule has 0 saturated heterocycles. The summed E-state index contributed by atoms with van der Waals surface area (Å²) in [6.45, 7) is 1.77. The Bertz CT molecular complexity index is 1670. The van der Waals surface area contributed by atoms with Crippen LogP contribution in [-0.2, 0) is 22.6 Å². The second kappa shape index (κ2) is 16.4. The van der Waals surface area contributed by atoms with Gasteiger partial charge in [0.2, 0.25) is 0 Å². The molecule has 0 unspecified atom stereocenters. The first-order valence-corrected chi connectivity index (χ1v) is 15.2. The minimum absolute atomic E-state index is 0.209. The third-order valence-corrected chi connectivity index (χ3v) is 7.57. The van der Waals surface area contributed by atoms with Crippen LogP contribution in [0.1, 0.15) is 23.6 Å². The Labute approximate surface area is 281 Å². The highest BCUT2D eigenvalue weighted by molar-refractivity contribution is 6.35. The molecule has 2 atom stereocenters. The van der Waals surface area contributed by atoms with Crippen molar-refractivity contribution in [3.8, 4) is 17.2 Å². The summed E-state index contributed by atoms with van der Waals surface area (Å²) < 4.78 is 17.1. The summed E-state index contributed by atoms with van der Waals surface area (Å²) in [4.78, 5) is 26.3. The lowest BCUT2D eigenvalue weighted by atomic mass is 10.1. The highest BCUT2D eigenvalue weighted by atomic mass is 35.5. The molecule has 12 heteroatoms. The topological polar surface area (TPSA) is 98.2 Å². The van der Waals surface area contributed by atoms with Gasteiger partial charge in [0.25, 0.3) is 11.8 Å². The normalized spacial score (nSPS) is 12.3. The number of nitrogens with zero attached hydrogens (tertiary/aromatic N) is 1. The molecular weight excluding hydrogens is 660 g/mol. The van der Waals surface area contributed by atoms with Crippen molar-refractivity contribution in [3.05, 3.63) is 122 Å². The molecular formula is C33H29Cl4N3O5. The van der Waals surface area contributed by atoms with Crippen LogP contribution in [-0.4, -0.2) is 37.3 Å². The molecule has 0 saturated carbocycles. The largest absolute Gasteiger partial charge is 0.493 e. The Hall–Kier alpha value is -3.95. The maximum atomic E-state index is 13.2. The van der Waals surface area contributed by atoms with Crippen LogP contribution < -0.4 is 25.0 Å². The number of hydrazone groups is 1. The van der Waals surface area contributed by atoms with Gasteiger partial charge < -0.3 is 19.5 Å². The number of nitrogens with one attached hydrogen (secondary N) is 2. The van der Waals surface area contributed by atoms with E-state index in [9.17, 15) is 9.59 Å². The molecule has 4 rings (SSSR count). The van der Waals surface area contributed by atoms with Gasteiger partial charge in [-0.15, -0.1) is 0 Å². The minimum Gasteiger partial charge on any atom is -0.493 e. The van der Waals surface area contributed by atoms with Crippen molar-refractivity contribution in [2.45, 2.75) is 32.1 Å². The van der Waals surface area contributed by atoms with Gasteiger partial charge in [-0.3, -0.25) is 9.59 Å². The number of hydrogen-bond acceptors (Lipinski definition) is 6. The smallest absolute Gasteiger partial charge is 0.262 e. The summed E-state index contributed by atoms with van der Waals surface area (Å²) in [6, 6.07) is 23.4. The Morgan fingerprint density at radius 2 is 1.51 bits per heavy atom. The van der Waals surface area contributed by atoms with Crippen LogP contribution in [0.2, 0.25) is 20.1 Å². The van der Waals surface area contributed by atoms with Crippen molar-refractivity contribution in [1.29, 1.82) is 0 Å². The van der Waals surface area contributed by atoms with E-state index in [2.05, 4.69) is 15.8 Å². The summed E-state index contributed by atoms with van der Waals surface area (Å²) in [6.07, 6.45) is 0.720. The summed E-state index contributed by atoms with van der Waals surface area (Å²) in [5.74, 6) is 0.206. The highest BCUT2D eigenvalue weighted by Crippen LogP contribution is 2.30. The quantitative estimate of drug-likeness (QED) is 0.112. The molecule has 0 aliphatic carbocycles. The number of halogens is 4. The van der Waals surface area contributed by atoms with Gasteiger partial charge in [-0.05, 0) is 66.6 Å². The number of carbonyl (C=O) groups excluding carboxylic acids is 2. The van der Waals surface area contributed by atoms with E-state index in [0.717, 1.165) is 11.1 Å². The third kappa shape index (κ3) is 10.0. The van der Waals surface area contributed by atoms with Crippen molar-refractivity contribution in [1.82, 2.24) is 10.7 Å². The van der Waals surface area contributed by atoms with Crippen LogP contribution in [0, 0.1) is 0 Å². The van der Waals surface area contributed by atoms with Crippen molar-refractivity contribution >= 4 is 64.4 Å². The molecule has 4 aromatic carbocycles. The number of rotatable bonds is 13. The van der Waals surface area contributed by atoms with Crippen LogP contribution in [0.3, 0.4) is 0 Å². The number of methoxy groups -OCH3 is 1. The fourth-order valence-electron chi connectivity index (χ4n) is 4.09. The lowest BCUT2D eigenvalue weighted by Gasteiger charge is -2.21. The van der Waals surface area contributed by atoms with Gasteiger partial charge in [-0.2, -0.15) is 5.10 Å². The van der Waals surface area contributed by atoms with Crippen molar-refractivity contribution in [2.75, 3.05) is 7.11 Å². The van der Waals surface area contributed by atoms with Crippen LogP contribution in [0.5, 0.6) is 17.2 Å². The van der Waals surface area contributed by atoms with Gasteiger partial charge in [0, 0.05) is 27.1 Å². The summed E-state index contributed by atoms with van der Waals surface area (Å²) in [5.41, 5.74) is 4.76. The van der Waals surface area contributed by atoms with Gasteiger partial charge in [-0.1, -0.05) is 82.8 Å². The van der Waals surface area contributed by atoms with E-state index in [1.807, 2.05) is 30.3 Å². The lowest BCUT2D eigenvalue weighted by molar-refractivity contribution is -0.132. The van der Waals surface area contributed by atoms with Gasteiger partial charge in [0.15, 0.2) is 17.6 Å². The molecule has 4 aromatic rings. The molecule has 0 fully saturated rings. The maximum Gasteiger partial charge on any atom is 0.262 e. The predicted octanol–water partition coefficient (Wildman–Crippen LogP) is 7.53. The molecule has 8 nitrogen and oxygen atoms in total. The first-order chi connectivity index (χ1) is 21.6. The second-order valence-corrected chi connectivity index (χ2v) is 11.4. The van der Waals surface area contributed by atoms with Crippen molar-refractivity contribution in [2.24, 2.45) is 5.10 Å². The van der Waals surface area contributed by atoms with E-state index in [1.54, 1.807) is 55.5 Å². The summed E-state index contributed by atoms with van der Waals surface area (Å²) in [7, 11) is 1.52. The fraction of sp³-hybridized carbons (Fsp3) is 0.182. The van der Waals surface area contributed by atoms with Crippen molar-refractivity contribution < 1.29 is 23.8 Å². The number of hydrogen-bond donors (Lipinski definition) is 2.